The van der Waals surface area contributed by atoms with Crippen molar-refractivity contribution >= 4 is 5.91 Å². The van der Waals surface area contributed by atoms with Gasteiger partial charge >= 0.3 is 0 Å². The number of rotatable bonds is 3. The van der Waals surface area contributed by atoms with Crippen LogP contribution < -0.4 is 0 Å². The molecule has 1 aliphatic carbocycles. The second-order valence-electron chi connectivity index (χ2n) is 5.33. The Balaban J connectivity index is 1.93. The minimum absolute atomic E-state index is 0.125. The van der Waals surface area contributed by atoms with E-state index in [0.29, 0.717) is 6.54 Å². The first-order valence-electron chi connectivity index (χ1n) is 7.14. The average Bonchev–Trinajstić information content (AvgIpc) is 3.00. The van der Waals surface area contributed by atoms with E-state index in [1.54, 1.807) is 0 Å². The molecule has 106 valence electrons. The normalized spacial score (nSPS) is 14.7. The predicted octanol–water partition coefficient (Wildman–Crippen LogP) is 2.18. The zero-order chi connectivity index (χ0) is 14.4. The van der Waals surface area contributed by atoms with Crippen molar-refractivity contribution in [3.8, 4) is 11.8 Å². The summed E-state index contributed by atoms with van der Waals surface area (Å²) in [7, 11) is 1.88. The molecule has 0 bridgehead atoms. The van der Waals surface area contributed by atoms with Gasteiger partial charge in [0.05, 0.1) is 0 Å². The van der Waals surface area contributed by atoms with E-state index in [9.17, 15) is 4.79 Å². The lowest BCUT2D eigenvalue weighted by atomic mass is 10.1. The van der Waals surface area contributed by atoms with Crippen molar-refractivity contribution in [2.75, 3.05) is 13.7 Å². The van der Waals surface area contributed by atoms with Crippen LogP contribution in [0.3, 0.4) is 0 Å². The van der Waals surface area contributed by atoms with Crippen molar-refractivity contribution in [3.05, 3.63) is 35.4 Å². The van der Waals surface area contributed by atoms with Gasteiger partial charge in [-0.25, -0.2) is 0 Å². The Morgan fingerprint density at radius 1 is 1.30 bits per heavy atom. The zero-order valence-corrected chi connectivity index (χ0v) is 11.9. The van der Waals surface area contributed by atoms with Gasteiger partial charge in [-0.1, -0.05) is 36.8 Å². The van der Waals surface area contributed by atoms with Gasteiger partial charge in [0, 0.05) is 25.1 Å². The Labute approximate surface area is 120 Å². The van der Waals surface area contributed by atoms with Crippen LogP contribution in [0.2, 0.25) is 0 Å². The Hall–Kier alpha value is -1.79. The molecule has 1 fully saturated rings. The third-order valence-electron chi connectivity index (χ3n) is 3.77. The van der Waals surface area contributed by atoms with Crippen LogP contribution in [0, 0.1) is 17.8 Å². The molecular weight excluding hydrogens is 250 g/mol. The van der Waals surface area contributed by atoms with E-state index >= 15 is 0 Å². The largest absolute Gasteiger partial charge is 0.384 e. The van der Waals surface area contributed by atoms with Crippen LogP contribution in [-0.4, -0.2) is 29.6 Å². The number of carbonyl (C=O) groups is 1. The molecule has 0 spiro atoms. The minimum Gasteiger partial charge on any atom is -0.384 e. The molecule has 0 saturated heterocycles. The van der Waals surface area contributed by atoms with Crippen molar-refractivity contribution < 1.29 is 9.90 Å². The van der Waals surface area contributed by atoms with Gasteiger partial charge in [0.15, 0.2) is 0 Å². The first-order valence-corrected chi connectivity index (χ1v) is 7.14. The highest BCUT2D eigenvalue weighted by atomic mass is 16.2. The molecule has 1 aliphatic rings. The fraction of sp³-hybridized carbons (Fsp3) is 0.471. The maximum Gasteiger partial charge on any atom is 0.225 e. The van der Waals surface area contributed by atoms with Gasteiger partial charge < -0.3 is 10.0 Å². The summed E-state index contributed by atoms with van der Waals surface area (Å²) in [5, 5.41) is 8.65. The average molecular weight is 271 g/mol. The number of amides is 1. The lowest BCUT2D eigenvalue weighted by Crippen LogP contribution is -2.31. The molecule has 3 heteroatoms. The van der Waals surface area contributed by atoms with E-state index < -0.39 is 0 Å². The summed E-state index contributed by atoms with van der Waals surface area (Å²) in [5.74, 6) is 5.98. The van der Waals surface area contributed by atoms with Crippen LogP contribution in [-0.2, 0) is 11.3 Å². The van der Waals surface area contributed by atoms with E-state index in [1.807, 2.05) is 36.2 Å². The molecule has 0 radical (unpaired) electrons. The molecule has 0 atom stereocenters. The van der Waals surface area contributed by atoms with Crippen LogP contribution >= 0.6 is 0 Å². The first-order chi connectivity index (χ1) is 9.70. The van der Waals surface area contributed by atoms with E-state index in [-0.39, 0.29) is 18.4 Å². The number of hydrogen-bond donors (Lipinski definition) is 1. The molecule has 1 N–H and O–H groups in total. The van der Waals surface area contributed by atoms with E-state index in [4.69, 9.17) is 5.11 Å². The smallest absolute Gasteiger partial charge is 0.225 e. The highest BCUT2D eigenvalue weighted by molar-refractivity contribution is 5.78. The number of nitrogens with zero attached hydrogens (tertiary/aromatic N) is 1. The van der Waals surface area contributed by atoms with Crippen molar-refractivity contribution in [1.82, 2.24) is 4.90 Å². The van der Waals surface area contributed by atoms with Crippen LogP contribution in [0.5, 0.6) is 0 Å². The third-order valence-corrected chi connectivity index (χ3v) is 3.77. The summed E-state index contributed by atoms with van der Waals surface area (Å²) in [4.78, 5) is 14.1. The summed E-state index contributed by atoms with van der Waals surface area (Å²) < 4.78 is 0. The number of carbonyl (C=O) groups excluding carboxylic acids is 1. The molecular formula is C17H21NO2. The summed E-state index contributed by atoms with van der Waals surface area (Å²) in [5.41, 5.74) is 1.99. The topological polar surface area (TPSA) is 40.5 Å². The fourth-order valence-electron chi connectivity index (χ4n) is 2.67. The van der Waals surface area contributed by atoms with E-state index in [2.05, 4.69) is 11.8 Å². The maximum absolute atomic E-state index is 12.2. The fourth-order valence-corrected chi connectivity index (χ4v) is 2.67. The number of hydrogen-bond acceptors (Lipinski definition) is 2. The molecule has 0 aliphatic heterocycles. The summed E-state index contributed by atoms with van der Waals surface area (Å²) in [6, 6.07) is 7.82. The quantitative estimate of drug-likeness (QED) is 0.856. The van der Waals surface area contributed by atoms with Crippen molar-refractivity contribution in [2.24, 2.45) is 5.92 Å². The second kappa shape index (κ2) is 7.12. The highest BCUT2D eigenvalue weighted by Crippen LogP contribution is 2.26. The Kier molecular flexibility index (Phi) is 5.20. The summed E-state index contributed by atoms with van der Waals surface area (Å²) in [6.07, 6.45) is 4.45. The number of aliphatic hydroxyl groups is 1. The monoisotopic (exact) mass is 271 g/mol. The molecule has 1 saturated carbocycles. The molecule has 2 rings (SSSR count). The van der Waals surface area contributed by atoms with E-state index in [0.717, 1.165) is 24.0 Å². The Morgan fingerprint density at radius 2 is 1.95 bits per heavy atom. The summed E-state index contributed by atoms with van der Waals surface area (Å²) >= 11 is 0. The van der Waals surface area contributed by atoms with E-state index in [1.165, 1.54) is 12.8 Å². The van der Waals surface area contributed by atoms with Gasteiger partial charge in [-0.15, -0.1) is 0 Å². The first kappa shape index (κ1) is 14.6. The zero-order valence-electron chi connectivity index (χ0n) is 11.9. The Bertz CT molecular complexity index is 504. The maximum atomic E-state index is 12.2. The van der Waals surface area contributed by atoms with Crippen molar-refractivity contribution in [1.29, 1.82) is 0 Å². The lowest BCUT2D eigenvalue weighted by Gasteiger charge is -2.21. The lowest BCUT2D eigenvalue weighted by molar-refractivity contribution is -0.134. The van der Waals surface area contributed by atoms with Gasteiger partial charge in [0.2, 0.25) is 5.91 Å². The molecule has 0 aromatic heterocycles. The number of benzene rings is 1. The molecule has 1 aromatic rings. The Morgan fingerprint density at radius 3 is 2.55 bits per heavy atom. The minimum atomic E-state index is -0.125. The van der Waals surface area contributed by atoms with Crippen LogP contribution in [0.4, 0.5) is 0 Å². The highest BCUT2D eigenvalue weighted by Gasteiger charge is 2.25. The van der Waals surface area contributed by atoms with Gasteiger partial charge in [-0.05, 0) is 30.5 Å². The number of aliphatic hydroxyl groups excluding tert-OH is 1. The molecule has 1 aromatic carbocycles. The molecule has 0 unspecified atom stereocenters. The van der Waals surface area contributed by atoms with Crippen LogP contribution in [0.25, 0.3) is 0 Å². The van der Waals surface area contributed by atoms with Gasteiger partial charge in [0.1, 0.15) is 6.61 Å². The van der Waals surface area contributed by atoms with Crippen LogP contribution in [0.15, 0.2) is 24.3 Å². The predicted molar refractivity (Wildman–Crippen MR) is 78.8 cm³/mol. The summed E-state index contributed by atoms with van der Waals surface area (Å²) in [6.45, 7) is 0.517. The third kappa shape index (κ3) is 3.85. The van der Waals surface area contributed by atoms with Crippen LogP contribution in [0.1, 0.15) is 36.8 Å². The molecule has 1 amide bonds. The molecule has 20 heavy (non-hydrogen) atoms. The molecule has 3 nitrogen and oxygen atoms in total. The standard InChI is InChI=1S/C17H21NO2/c1-18(17(20)16-6-2-3-7-16)13-15-10-8-14(9-11-15)5-4-12-19/h8-11,16,19H,2-3,6-7,12-13H2,1H3. The second-order valence-corrected chi connectivity index (χ2v) is 5.33. The van der Waals surface area contributed by atoms with Gasteiger partial charge in [0.25, 0.3) is 0 Å². The van der Waals surface area contributed by atoms with Crippen molar-refractivity contribution in [3.63, 3.8) is 0 Å². The SMILES string of the molecule is CN(Cc1ccc(C#CCO)cc1)C(=O)C1CCCC1. The molecule has 0 heterocycles. The van der Waals surface area contributed by atoms with Gasteiger partial charge in [-0.2, -0.15) is 0 Å². The van der Waals surface area contributed by atoms with Crippen molar-refractivity contribution in [2.45, 2.75) is 32.2 Å². The van der Waals surface area contributed by atoms with Gasteiger partial charge in [-0.3, -0.25) is 4.79 Å².